The third-order valence-corrected chi connectivity index (χ3v) is 4.66. The number of aliphatic hydroxyl groups excluding tert-OH is 1. The summed E-state index contributed by atoms with van der Waals surface area (Å²) < 4.78 is 3.00. The Morgan fingerprint density at radius 1 is 1.35 bits per heavy atom. The highest BCUT2D eigenvalue weighted by atomic mass is 127. The number of hydrogen-bond acceptors (Lipinski definition) is 3. The van der Waals surface area contributed by atoms with Crippen molar-refractivity contribution in [3.63, 3.8) is 0 Å². The molecule has 0 amide bonds. The number of rotatable bonds is 5. The van der Waals surface area contributed by atoms with Crippen LogP contribution < -0.4 is 0 Å². The highest BCUT2D eigenvalue weighted by Gasteiger charge is 2.16. The van der Waals surface area contributed by atoms with Gasteiger partial charge in [0.05, 0.1) is 6.10 Å². The maximum Gasteiger partial charge on any atom is 0.138 e. The molecule has 0 fully saturated rings. The van der Waals surface area contributed by atoms with Gasteiger partial charge in [0.25, 0.3) is 0 Å². The van der Waals surface area contributed by atoms with Crippen LogP contribution in [0.25, 0.3) is 0 Å². The number of halogens is 1. The second kappa shape index (κ2) is 6.67. The van der Waals surface area contributed by atoms with Gasteiger partial charge in [-0.3, -0.25) is 0 Å². The standard InChI is InChI=1S/C15H20IN3O/c1-10(2)8-19-14(17-9-18-19)7-13(20)12-6-4-5-11(3)15(12)16/h4-6,9-10,13,20H,7-8H2,1-3H3. The number of aliphatic hydroxyl groups is 1. The molecule has 5 heteroatoms. The molecule has 1 aromatic carbocycles. The minimum absolute atomic E-state index is 0.492. The van der Waals surface area contributed by atoms with Crippen LogP contribution in [0.3, 0.4) is 0 Å². The predicted molar refractivity (Wildman–Crippen MR) is 87.4 cm³/mol. The Labute approximate surface area is 133 Å². The third-order valence-electron chi connectivity index (χ3n) is 3.19. The number of hydrogen-bond donors (Lipinski definition) is 1. The molecule has 20 heavy (non-hydrogen) atoms. The van der Waals surface area contributed by atoms with Crippen molar-refractivity contribution in [2.75, 3.05) is 0 Å². The summed E-state index contributed by atoms with van der Waals surface area (Å²) in [4.78, 5) is 4.28. The van der Waals surface area contributed by atoms with Crippen molar-refractivity contribution < 1.29 is 5.11 Å². The van der Waals surface area contributed by atoms with E-state index in [2.05, 4.69) is 59.5 Å². The fourth-order valence-electron chi connectivity index (χ4n) is 2.15. The number of aryl methyl sites for hydroxylation is 1. The lowest BCUT2D eigenvalue weighted by atomic mass is 10.0. The van der Waals surface area contributed by atoms with Crippen LogP contribution in [0, 0.1) is 16.4 Å². The van der Waals surface area contributed by atoms with Crippen LogP contribution in [0.5, 0.6) is 0 Å². The van der Waals surface area contributed by atoms with Crippen LogP contribution in [0.1, 0.15) is 36.9 Å². The number of nitrogens with zero attached hydrogens (tertiary/aromatic N) is 3. The summed E-state index contributed by atoms with van der Waals surface area (Å²) in [6, 6.07) is 6.01. The first kappa shape index (κ1) is 15.4. The first-order chi connectivity index (χ1) is 9.49. The Bertz CT molecular complexity index is 580. The van der Waals surface area contributed by atoms with Crippen molar-refractivity contribution in [3.05, 3.63) is 45.0 Å². The van der Waals surface area contributed by atoms with Crippen LogP contribution >= 0.6 is 22.6 Å². The van der Waals surface area contributed by atoms with Gasteiger partial charge in [0.15, 0.2) is 0 Å². The van der Waals surface area contributed by atoms with Gasteiger partial charge in [-0.15, -0.1) is 0 Å². The first-order valence-electron chi connectivity index (χ1n) is 6.78. The Morgan fingerprint density at radius 3 is 2.80 bits per heavy atom. The molecule has 0 bridgehead atoms. The molecule has 1 N–H and O–H groups in total. The fraction of sp³-hybridized carbons (Fsp3) is 0.467. The van der Waals surface area contributed by atoms with Gasteiger partial charge in [0.1, 0.15) is 12.2 Å². The Balaban J connectivity index is 2.17. The average molecular weight is 385 g/mol. The molecule has 1 unspecified atom stereocenters. The van der Waals surface area contributed by atoms with E-state index >= 15 is 0 Å². The van der Waals surface area contributed by atoms with Gasteiger partial charge in [-0.25, -0.2) is 9.67 Å². The molecule has 0 spiro atoms. The van der Waals surface area contributed by atoms with Crippen LogP contribution in [0.2, 0.25) is 0 Å². The van der Waals surface area contributed by atoms with Gasteiger partial charge < -0.3 is 5.11 Å². The quantitative estimate of drug-likeness (QED) is 0.805. The molecule has 4 nitrogen and oxygen atoms in total. The monoisotopic (exact) mass is 385 g/mol. The molecule has 0 saturated carbocycles. The first-order valence-corrected chi connectivity index (χ1v) is 7.86. The summed E-state index contributed by atoms with van der Waals surface area (Å²) in [6.07, 6.45) is 1.51. The van der Waals surface area contributed by atoms with Crippen LogP contribution in [-0.4, -0.2) is 19.9 Å². The molecule has 1 atom stereocenters. The summed E-state index contributed by atoms with van der Waals surface area (Å²) in [5.74, 6) is 1.34. The zero-order chi connectivity index (χ0) is 14.7. The van der Waals surface area contributed by atoms with E-state index in [4.69, 9.17) is 0 Å². The minimum Gasteiger partial charge on any atom is -0.388 e. The van der Waals surface area contributed by atoms with E-state index < -0.39 is 6.10 Å². The Morgan fingerprint density at radius 2 is 2.10 bits per heavy atom. The van der Waals surface area contributed by atoms with Crippen LogP contribution in [-0.2, 0) is 13.0 Å². The van der Waals surface area contributed by atoms with Gasteiger partial charge in [0, 0.05) is 16.5 Å². The minimum atomic E-state index is -0.545. The van der Waals surface area contributed by atoms with E-state index in [9.17, 15) is 5.11 Å². The fourth-order valence-corrected chi connectivity index (χ4v) is 2.87. The molecular formula is C15H20IN3O. The second-order valence-electron chi connectivity index (χ2n) is 5.45. The molecule has 0 aliphatic rings. The number of benzene rings is 1. The SMILES string of the molecule is Cc1cccc(C(O)Cc2ncnn2CC(C)C)c1I. The van der Waals surface area contributed by atoms with Gasteiger partial charge in [-0.1, -0.05) is 32.0 Å². The Hall–Kier alpha value is -0.950. The molecule has 0 aliphatic carbocycles. The summed E-state index contributed by atoms with van der Waals surface area (Å²) in [5, 5.41) is 14.7. The lowest BCUT2D eigenvalue weighted by molar-refractivity contribution is 0.172. The maximum absolute atomic E-state index is 10.5. The van der Waals surface area contributed by atoms with Gasteiger partial charge in [-0.05, 0) is 46.6 Å². The highest BCUT2D eigenvalue weighted by molar-refractivity contribution is 14.1. The van der Waals surface area contributed by atoms with E-state index in [-0.39, 0.29) is 0 Å². The molecule has 0 aliphatic heterocycles. The van der Waals surface area contributed by atoms with Gasteiger partial charge >= 0.3 is 0 Å². The highest BCUT2D eigenvalue weighted by Crippen LogP contribution is 2.25. The summed E-state index contributed by atoms with van der Waals surface area (Å²) in [6.45, 7) is 7.17. The van der Waals surface area contributed by atoms with Crippen molar-refractivity contribution in [1.82, 2.24) is 14.8 Å². The molecule has 2 rings (SSSR count). The van der Waals surface area contributed by atoms with E-state index in [1.165, 1.54) is 5.56 Å². The van der Waals surface area contributed by atoms with E-state index in [1.807, 2.05) is 16.8 Å². The molecule has 0 saturated heterocycles. The van der Waals surface area contributed by atoms with Crippen LogP contribution in [0.4, 0.5) is 0 Å². The molecule has 2 aromatic rings. The molecule has 108 valence electrons. The summed E-state index contributed by atoms with van der Waals surface area (Å²) in [7, 11) is 0. The summed E-state index contributed by atoms with van der Waals surface area (Å²) >= 11 is 2.29. The van der Waals surface area contributed by atoms with Crippen molar-refractivity contribution in [3.8, 4) is 0 Å². The van der Waals surface area contributed by atoms with Gasteiger partial charge in [0.2, 0.25) is 0 Å². The zero-order valence-corrected chi connectivity index (χ0v) is 14.2. The van der Waals surface area contributed by atoms with Crippen molar-refractivity contribution in [1.29, 1.82) is 0 Å². The molecule has 0 radical (unpaired) electrons. The van der Waals surface area contributed by atoms with Crippen molar-refractivity contribution in [2.24, 2.45) is 5.92 Å². The molecular weight excluding hydrogens is 365 g/mol. The smallest absolute Gasteiger partial charge is 0.138 e. The van der Waals surface area contributed by atoms with Crippen molar-refractivity contribution >= 4 is 22.6 Å². The normalized spacial score (nSPS) is 12.9. The lowest BCUT2D eigenvalue weighted by Gasteiger charge is -2.15. The van der Waals surface area contributed by atoms with Crippen LogP contribution in [0.15, 0.2) is 24.5 Å². The van der Waals surface area contributed by atoms with Gasteiger partial charge in [-0.2, -0.15) is 5.10 Å². The predicted octanol–water partition coefficient (Wildman–Crippen LogP) is 3.12. The van der Waals surface area contributed by atoms with E-state index in [0.717, 1.165) is 21.5 Å². The molecule has 1 aromatic heterocycles. The maximum atomic E-state index is 10.5. The van der Waals surface area contributed by atoms with E-state index in [0.29, 0.717) is 12.3 Å². The molecule has 1 heterocycles. The lowest BCUT2D eigenvalue weighted by Crippen LogP contribution is -2.14. The van der Waals surface area contributed by atoms with E-state index in [1.54, 1.807) is 6.33 Å². The summed E-state index contributed by atoms with van der Waals surface area (Å²) in [5.41, 5.74) is 2.15. The average Bonchev–Trinajstić information content (AvgIpc) is 2.79. The second-order valence-corrected chi connectivity index (χ2v) is 6.53. The largest absolute Gasteiger partial charge is 0.388 e. The third kappa shape index (κ3) is 3.58. The van der Waals surface area contributed by atoms with Crippen molar-refractivity contribution in [2.45, 2.75) is 39.8 Å². The zero-order valence-electron chi connectivity index (χ0n) is 12.0. The Kier molecular flexibility index (Phi) is 5.15. The number of aromatic nitrogens is 3. The topological polar surface area (TPSA) is 50.9 Å².